The average molecular weight is 2230 g/mol. The highest BCUT2D eigenvalue weighted by Gasteiger charge is 2.60. The summed E-state index contributed by atoms with van der Waals surface area (Å²) in [6.07, 6.45) is -14.9. The number of anilines is 2. The highest BCUT2D eigenvalue weighted by atomic mass is 35.5. The van der Waals surface area contributed by atoms with Crippen LogP contribution in [0.15, 0.2) is 82.9 Å². The number of nitrogens with zero attached hydrogens (tertiary/aromatic N) is 6. The number of nitrogen functional groups attached to an aromatic ring is 2. The van der Waals surface area contributed by atoms with Crippen molar-refractivity contribution >= 4 is 185 Å². The van der Waals surface area contributed by atoms with E-state index >= 15 is 0 Å². The van der Waals surface area contributed by atoms with E-state index in [1.807, 2.05) is 0 Å². The van der Waals surface area contributed by atoms with Crippen LogP contribution in [-0.4, -0.2) is 249 Å². The number of benzene rings is 6. The number of nitrogens with one attached hydrogen (secondary N) is 6. The Balaban J connectivity index is 0.000000214. The number of aromatic hydroxyl groups is 4. The lowest BCUT2D eigenvalue weighted by atomic mass is 9.77. The number of aromatic amines is 2. The van der Waals surface area contributed by atoms with E-state index in [1.54, 1.807) is 0 Å². The molecule has 4 aromatic heterocycles. The zero-order valence-electron chi connectivity index (χ0n) is 71.1. The number of carbonyl (C=O) groups is 6. The quantitative estimate of drug-likeness (QED) is 0.0128. The number of hydrogen-bond donors (Lipinski definition) is 22. The number of rotatable bonds is 30. The molecule has 760 valence electrons. The molecular formula is C72H68Cl4N14O44P6S2. The van der Waals surface area contributed by atoms with Gasteiger partial charge in [-0.15, -0.1) is 0 Å². The number of phenolic OH excluding ortho intramolecular Hbond substituents is 4. The number of alkyl carbamates (subject to hydrolysis) is 2. The van der Waals surface area contributed by atoms with Crippen LogP contribution >= 0.6 is 91.1 Å². The van der Waals surface area contributed by atoms with E-state index in [4.69, 9.17) is 129 Å². The van der Waals surface area contributed by atoms with Crippen LogP contribution in [-0.2, 0) is 108 Å². The number of halogens is 4. The first-order valence-corrected chi connectivity index (χ1v) is 52.0. The molecule has 6 aliphatic rings. The van der Waals surface area contributed by atoms with Crippen LogP contribution in [0.1, 0.15) is 87.3 Å². The van der Waals surface area contributed by atoms with Gasteiger partial charge in [0.2, 0.25) is 11.9 Å². The molecule has 0 bridgehead atoms. The van der Waals surface area contributed by atoms with E-state index < -0.39 is 188 Å². The third-order valence-corrected chi connectivity index (χ3v) is 31.5. The first-order valence-electron chi connectivity index (χ1n) is 39.2. The smallest absolute Gasteiger partial charge is 0.488 e. The number of fused-ring (bicyclic) bond motifs is 14. The number of hydrogen-bond acceptors (Lipinski definition) is 44. The Morgan fingerprint density at radius 1 is 0.472 bits per heavy atom. The summed E-state index contributed by atoms with van der Waals surface area (Å²) in [7, 11) is -17.9. The van der Waals surface area contributed by atoms with Gasteiger partial charge in [0.25, 0.3) is 22.9 Å². The van der Waals surface area contributed by atoms with Crippen molar-refractivity contribution in [2.45, 2.75) is 60.3 Å². The molecule has 4 amide bonds. The van der Waals surface area contributed by atoms with Crippen molar-refractivity contribution in [1.29, 1.82) is 0 Å². The summed E-state index contributed by atoms with van der Waals surface area (Å²) in [5, 5.41) is 74.2. The van der Waals surface area contributed by atoms with Gasteiger partial charge in [-0.2, -0.15) is 18.6 Å². The topological polar surface area (TPSA) is 847 Å². The van der Waals surface area contributed by atoms with Gasteiger partial charge in [0.15, 0.2) is 127 Å². The Hall–Kier alpha value is -11.3. The number of nitrogens with two attached hydrogens (primary N) is 2. The van der Waals surface area contributed by atoms with E-state index in [9.17, 15) is 117 Å². The largest absolute Gasteiger partial charge is 0.503 e. The molecule has 10 heterocycles. The number of ether oxygens (including phenoxy) is 12. The Morgan fingerprint density at radius 3 is 1.17 bits per heavy atom. The number of aliphatic hydroxyl groups excluding tert-OH is 2. The van der Waals surface area contributed by atoms with Crippen LogP contribution in [0.5, 0.6) is 69.0 Å². The number of phosphoric ester groups is 2. The SMILES string of the molecule is COc1cc2c(c(Cl)c1O)Oc1c(cc(OC)c(O)c1Cl)C21OC(=O)c2ccc(C(=O)NCCNC(=O)O[C@@H]3[C@H](O)[C@@H](COP(=O)(O)OP(=O)(O)OP(O)(O)=S)O[C@H]3n3cnc4c(=O)[nH]c(N)nc43)cc21.COc1cc2c(c(Cl)c1O)Oc1c(cc(OC)c(O)c1Cl)C21OC(=O)c2ccc(C(=O)NCCNC(=O)O[C@H]3[C@@H](O)[C@H](n4cnc5c(=O)[nH]c(N)nc54)O[C@@H]3COP(=O)(O)OP(=O)(O)OP(O)(O)=S)cc21. The average Bonchev–Trinajstić information content (AvgIpc) is 1.47. The van der Waals surface area contributed by atoms with Crippen LogP contribution in [0.2, 0.25) is 20.1 Å². The zero-order valence-corrected chi connectivity index (χ0v) is 81.2. The van der Waals surface area contributed by atoms with Crippen molar-refractivity contribution in [3.63, 3.8) is 0 Å². The highest BCUT2D eigenvalue weighted by Crippen LogP contribution is 2.70. The van der Waals surface area contributed by atoms with Crippen LogP contribution in [0.3, 0.4) is 0 Å². The van der Waals surface area contributed by atoms with E-state index in [-0.39, 0.29) is 182 Å². The van der Waals surface area contributed by atoms with Gasteiger partial charge in [-0.25, -0.2) is 56.0 Å². The van der Waals surface area contributed by atoms with E-state index in [0.29, 0.717) is 0 Å². The number of methoxy groups -OCH3 is 4. The maximum atomic E-state index is 13.7. The molecule has 4 unspecified atom stereocenters. The molecule has 0 saturated carbocycles. The fourth-order valence-corrected chi connectivity index (χ4v) is 23.9. The highest BCUT2D eigenvalue weighted by molar-refractivity contribution is 8.08. The molecule has 6 aliphatic heterocycles. The number of amides is 4. The molecule has 24 N–H and O–H groups in total. The molecule has 70 heteroatoms. The van der Waals surface area contributed by atoms with Gasteiger partial charge in [0.05, 0.1) is 87.7 Å². The third-order valence-electron chi connectivity index (χ3n) is 21.3. The molecule has 6 aromatic carbocycles. The fourth-order valence-electron chi connectivity index (χ4n) is 15.4. The molecule has 10 aromatic rings. The van der Waals surface area contributed by atoms with Gasteiger partial charge in [0.1, 0.15) is 44.5 Å². The molecule has 0 aliphatic carbocycles. The number of aromatic nitrogens is 8. The van der Waals surface area contributed by atoms with E-state index in [2.05, 4.69) is 96.6 Å². The molecule has 58 nitrogen and oxygen atoms in total. The fraction of sp³-hybridized carbons (Fsp3) is 0.278. The van der Waals surface area contributed by atoms with Crippen LogP contribution in [0.25, 0.3) is 22.3 Å². The summed E-state index contributed by atoms with van der Waals surface area (Å²) in [6.45, 7) is -13.5. The number of phenols is 4. The monoisotopic (exact) mass is 2220 g/mol. The summed E-state index contributed by atoms with van der Waals surface area (Å²) in [5.41, 5.74) is 4.74. The Kier molecular flexibility index (Phi) is 29.3. The molecule has 2 fully saturated rings. The van der Waals surface area contributed by atoms with Gasteiger partial charge >= 0.3 is 68.9 Å². The Labute approximate surface area is 818 Å². The number of phosphoric acid groups is 4. The third kappa shape index (κ3) is 20.4. The van der Waals surface area contributed by atoms with Gasteiger partial charge < -0.3 is 159 Å². The number of esters is 2. The number of carbonyl (C=O) groups excluding carboxylic acids is 6. The Bertz CT molecular complexity index is 7250. The number of imidazole rings is 2. The molecule has 16 rings (SSSR count). The predicted octanol–water partition coefficient (Wildman–Crippen LogP) is 4.50. The van der Waals surface area contributed by atoms with Gasteiger partial charge in [-0.1, -0.05) is 46.4 Å². The molecule has 2 saturated heterocycles. The Morgan fingerprint density at radius 2 is 0.810 bits per heavy atom. The van der Waals surface area contributed by atoms with E-state index in [0.717, 1.165) is 21.8 Å². The zero-order chi connectivity index (χ0) is 103. The summed E-state index contributed by atoms with van der Waals surface area (Å²) < 4.78 is 144. The lowest BCUT2D eigenvalue weighted by molar-refractivity contribution is -0.0522. The molecular weight excluding hydrogens is 2160 g/mol. The van der Waals surface area contributed by atoms with Gasteiger partial charge in [-0.3, -0.25) is 47.3 Å². The summed E-state index contributed by atoms with van der Waals surface area (Å²) >= 11 is 34.4. The lowest BCUT2D eigenvalue weighted by Crippen LogP contribution is -2.42. The van der Waals surface area contributed by atoms with Gasteiger partial charge in [0, 0.05) is 48.4 Å². The second kappa shape index (κ2) is 39.7. The van der Waals surface area contributed by atoms with Crippen LogP contribution in [0.4, 0.5) is 21.5 Å². The standard InChI is InChI=1S/2C36H34Cl2N7O22P3S/c1-59-17-8-15-26(20(37)23(17)46)63-27-16(9-18(60-2)24(47)21(27)38)36(15)14-7-12(3-4-13(14)33(51)65-36)30(49)40-5-6-41-35(52)64-28-19(10-61-68(53,54)66-69(55,56)67-70(57,58)71)62-32(25(28)48)45-11-42-22-29(45)43-34(39)44-31(22)50;1-59-17-8-15-26(20(37)23(17)46)63-27-16(9-18(60-2)24(47)21(27)38)36(15)14-7-12(3-4-13(14)33(51)65-36)30(49)40-5-6-41-35(52)64-28-25(48)19(10-61-68(53,54)66-69(55,56)67-70(57,58)71)62-32(28)45-11-42-22-29(45)43-34(39)44-31(22)50/h2*3-4,7-9,11,19,25,28,32,46-48H,5-6,10H2,1-2H3,(H,40,49)(H,41,52)(H,53,54)(H,55,56)(H2,57,58,71)(H3,39,43,44,50)/t2*19-,25-,28-,32-/m11/s1. The van der Waals surface area contributed by atoms with Crippen molar-refractivity contribution in [1.82, 2.24) is 60.3 Å². The minimum absolute atomic E-state index is 0.0172. The van der Waals surface area contributed by atoms with Crippen LogP contribution < -0.4 is 72.3 Å². The van der Waals surface area contributed by atoms with E-state index in [1.165, 1.54) is 89.1 Å². The molecule has 142 heavy (non-hydrogen) atoms. The summed E-state index contributed by atoms with van der Waals surface area (Å²) in [5.74, 6) is -7.78. The minimum atomic E-state index is -5.76. The number of H-pyrrole nitrogens is 2. The second-order valence-corrected chi connectivity index (χ2v) is 43.1. The lowest BCUT2D eigenvalue weighted by Gasteiger charge is -2.37. The number of aliphatic hydroxyl groups is 2. The van der Waals surface area contributed by atoms with Crippen molar-refractivity contribution in [2.75, 3.05) is 79.3 Å². The second-order valence-electron chi connectivity index (χ2n) is 29.9. The maximum Gasteiger partial charge on any atom is 0.488 e. The normalized spacial score (nSPS) is 20.4. The first-order chi connectivity index (χ1) is 66.6. The van der Waals surface area contributed by atoms with Crippen molar-refractivity contribution in [2.24, 2.45) is 0 Å². The van der Waals surface area contributed by atoms with Crippen molar-refractivity contribution in [3.05, 3.63) is 170 Å². The molecule has 12 atom stereocenters. The van der Waals surface area contributed by atoms with Crippen molar-refractivity contribution in [3.8, 4) is 69.0 Å². The molecule has 2 spiro atoms. The van der Waals surface area contributed by atoms with Gasteiger partial charge in [-0.05, 0) is 84.3 Å². The summed E-state index contributed by atoms with van der Waals surface area (Å²) in [4.78, 5) is 203. The maximum absolute atomic E-state index is 13.7. The predicted molar refractivity (Wildman–Crippen MR) is 481 cm³/mol. The molecule has 0 radical (unpaired) electrons. The minimum Gasteiger partial charge on any atom is -0.503 e. The van der Waals surface area contributed by atoms with Crippen LogP contribution in [0, 0.1) is 0 Å². The summed E-state index contributed by atoms with van der Waals surface area (Å²) in [6, 6.07) is 13.0. The first kappa shape index (κ1) is 105. The van der Waals surface area contributed by atoms with Crippen molar-refractivity contribution < 1.29 is 200 Å².